The maximum atomic E-state index is 15.0. The van der Waals surface area contributed by atoms with Crippen molar-refractivity contribution < 1.29 is 32.9 Å². The first-order valence-electron chi connectivity index (χ1n) is 9.92. The molecule has 1 atom stereocenters. The van der Waals surface area contributed by atoms with Gasteiger partial charge in [0.15, 0.2) is 11.5 Å². The van der Waals surface area contributed by atoms with Gasteiger partial charge in [0.2, 0.25) is 5.82 Å². The number of methoxy groups -OCH3 is 4. The van der Waals surface area contributed by atoms with Crippen LogP contribution in [0.2, 0.25) is 0 Å². The number of carbonyl (C=O) groups is 2. The lowest BCUT2D eigenvalue weighted by Crippen LogP contribution is -2.41. The number of halogens is 1. The number of nitrogens with zero attached hydrogens (tertiary/aromatic N) is 2. The molecule has 2 N–H and O–H groups in total. The number of anilines is 1. The second kappa shape index (κ2) is 9.95. The SMILES string of the molecule is COC(=O)C1=C(C(=O)OC)N(c2ccc(OC)c(F)c2OC)C(N)=C(C#N)C1c1ccccc1. The standard InChI is InChI=1S/C24H22FN3O6/c1-31-16-11-10-15(21(32-2)19(16)25)28-20(24(30)34-4)18(23(29)33-3)17(14(12-26)22(28)27)13-8-6-5-7-9-13/h5-11,17H,27H2,1-4H3. The van der Waals surface area contributed by atoms with Crippen molar-refractivity contribution in [3.63, 3.8) is 0 Å². The summed E-state index contributed by atoms with van der Waals surface area (Å²) in [7, 11) is 4.75. The van der Waals surface area contributed by atoms with Crippen LogP contribution in [0.5, 0.6) is 11.5 Å². The van der Waals surface area contributed by atoms with Gasteiger partial charge in [-0.2, -0.15) is 9.65 Å². The Morgan fingerprint density at radius 2 is 1.65 bits per heavy atom. The predicted molar refractivity (Wildman–Crippen MR) is 119 cm³/mol. The van der Waals surface area contributed by atoms with Gasteiger partial charge in [-0.25, -0.2) is 9.59 Å². The molecule has 1 heterocycles. The first kappa shape index (κ1) is 24.1. The normalized spacial score (nSPS) is 15.5. The average molecular weight is 467 g/mol. The molecule has 0 aromatic heterocycles. The van der Waals surface area contributed by atoms with Gasteiger partial charge in [-0.3, -0.25) is 4.90 Å². The molecule has 0 spiro atoms. The van der Waals surface area contributed by atoms with Gasteiger partial charge in [-0.15, -0.1) is 0 Å². The highest BCUT2D eigenvalue weighted by atomic mass is 19.1. The third-order valence-corrected chi connectivity index (χ3v) is 5.32. The lowest BCUT2D eigenvalue weighted by molar-refractivity contribution is -0.139. The fourth-order valence-corrected chi connectivity index (χ4v) is 3.82. The molecule has 0 bridgehead atoms. The largest absolute Gasteiger partial charge is 0.494 e. The first-order chi connectivity index (χ1) is 16.4. The summed E-state index contributed by atoms with van der Waals surface area (Å²) in [6.45, 7) is 0. The maximum Gasteiger partial charge on any atom is 0.355 e. The van der Waals surface area contributed by atoms with E-state index in [0.29, 0.717) is 5.56 Å². The van der Waals surface area contributed by atoms with Gasteiger partial charge in [0.25, 0.3) is 0 Å². The summed E-state index contributed by atoms with van der Waals surface area (Å²) in [5, 5.41) is 10.0. The van der Waals surface area contributed by atoms with Crippen molar-refractivity contribution in [3.8, 4) is 17.6 Å². The second-order valence-electron chi connectivity index (χ2n) is 6.97. The maximum absolute atomic E-state index is 15.0. The average Bonchev–Trinajstić information content (AvgIpc) is 2.87. The number of rotatable bonds is 6. The van der Waals surface area contributed by atoms with Crippen molar-refractivity contribution in [2.45, 2.75) is 5.92 Å². The summed E-state index contributed by atoms with van der Waals surface area (Å²) in [6, 6.07) is 13.2. The summed E-state index contributed by atoms with van der Waals surface area (Å²) in [4.78, 5) is 27.1. The third-order valence-electron chi connectivity index (χ3n) is 5.32. The lowest BCUT2D eigenvalue weighted by atomic mass is 9.81. The number of nitrogens with two attached hydrogens (primary N) is 1. The molecule has 34 heavy (non-hydrogen) atoms. The quantitative estimate of drug-likeness (QED) is 0.639. The minimum Gasteiger partial charge on any atom is -0.494 e. The Morgan fingerprint density at radius 1 is 1.00 bits per heavy atom. The molecule has 1 aliphatic rings. The van der Waals surface area contributed by atoms with Gasteiger partial charge in [-0.1, -0.05) is 30.3 Å². The number of allylic oxidation sites excluding steroid dienone is 1. The van der Waals surface area contributed by atoms with E-state index in [0.717, 1.165) is 19.1 Å². The molecule has 0 saturated heterocycles. The zero-order chi connectivity index (χ0) is 25.0. The van der Waals surface area contributed by atoms with E-state index in [4.69, 9.17) is 24.7 Å². The number of carbonyl (C=O) groups excluding carboxylic acids is 2. The van der Waals surface area contributed by atoms with Crippen LogP contribution in [0.4, 0.5) is 10.1 Å². The number of ether oxygens (including phenoxy) is 4. The topological polar surface area (TPSA) is 124 Å². The molecule has 1 unspecified atom stereocenters. The summed E-state index contributed by atoms with van der Waals surface area (Å²) < 4.78 is 35.2. The van der Waals surface area contributed by atoms with E-state index in [2.05, 4.69) is 0 Å². The molecule has 10 heteroatoms. The van der Waals surface area contributed by atoms with Crippen LogP contribution in [0.3, 0.4) is 0 Å². The smallest absolute Gasteiger partial charge is 0.355 e. The van der Waals surface area contributed by atoms with E-state index in [-0.39, 0.29) is 39.9 Å². The molecular formula is C24H22FN3O6. The van der Waals surface area contributed by atoms with Crippen LogP contribution in [0.25, 0.3) is 0 Å². The molecular weight excluding hydrogens is 445 g/mol. The van der Waals surface area contributed by atoms with E-state index in [1.54, 1.807) is 30.3 Å². The van der Waals surface area contributed by atoms with Crippen molar-refractivity contribution in [2.75, 3.05) is 33.3 Å². The molecule has 176 valence electrons. The van der Waals surface area contributed by atoms with Crippen molar-refractivity contribution in [1.29, 1.82) is 5.26 Å². The predicted octanol–water partition coefficient (Wildman–Crippen LogP) is 2.74. The van der Waals surface area contributed by atoms with E-state index in [1.807, 2.05) is 6.07 Å². The zero-order valence-electron chi connectivity index (χ0n) is 18.9. The summed E-state index contributed by atoms with van der Waals surface area (Å²) in [5.74, 6) is -4.44. The third kappa shape index (κ3) is 3.88. The van der Waals surface area contributed by atoms with Gasteiger partial charge in [-0.05, 0) is 17.7 Å². The summed E-state index contributed by atoms with van der Waals surface area (Å²) >= 11 is 0. The Morgan fingerprint density at radius 3 is 2.18 bits per heavy atom. The minimum atomic E-state index is -1.04. The van der Waals surface area contributed by atoms with Crippen LogP contribution in [0.1, 0.15) is 11.5 Å². The van der Waals surface area contributed by atoms with Gasteiger partial charge in [0.05, 0.1) is 57.3 Å². The lowest BCUT2D eigenvalue weighted by Gasteiger charge is -2.36. The monoisotopic (exact) mass is 467 g/mol. The Hall–Kier alpha value is -4.52. The van der Waals surface area contributed by atoms with E-state index < -0.39 is 23.7 Å². The fourth-order valence-electron chi connectivity index (χ4n) is 3.82. The molecule has 0 saturated carbocycles. The van der Waals surface area contributed by atoms with Crippen LogP contribution in [0, 0.1) is 17.1 Å². The Balaban J connectivity index is 2.47. The van der Waals surface area contributed by atoms with Crippen molar-refractivity contribution >= 4 is 17.6 Å². The second-order valence-corrected chi connectivity index (χ2v) is 6.97. The van der Waals surface area contributed by atoms with Crippen LogP contribution >= 0.6 is 0 Å². The molecule has 2 aromatic carbocycles. The number of esters is 2. The molecule has 3 rings (SSSR count). The molecule has 0 fully saturated rings. The Bertz CT molecular complexity index is 1230. The number of nitriles is 1. The molecule has 9 nitrogen and oxygen atoms in total. The van der Waals surface area contributed by atoms with Gasteiger partial charge in [0.1, 0.15) is 11.5 Å². The van der Waals surface area contributed by atoms with Crippen molar-refractivity contribution in [1.82, 2.24) is 0 Å². The fraction of sp³-hybridized carbons (Fsp3) is 0.208. The van der Waals surface area contributed by atoms with Gasteiger partial charge >= 0.3 is 11.9 Å². The highest BCUT2D eigenvalue weighted by molar-refractivity contribution is 6.06. The van der Waals surface area contributed by atoms with Crippen LogP contribution < -0.4 is 20.1 Å². The van der Waals surface area contributed by atoms with E-state index in [1.165, 1.54) is 26.4 Å². The van der Waals surface area contributed by atoms with E-state index in [9.17, 15) is 14.9 Å². The van der Waals surface area contributed by atoms with Crippen molar-refractivity contribution in [2.24, 2.45) is 5.73 Å². The first-order valence-corrected chi connectivity index (χ1v) is 9.92. The van der Waals surface area contributed by atoms with E-state index >= 15 is 4.39 Å². The summed E-state index contributed by atoms with van der Waals surface area (Å²) in [5.41, 5.74) is 6.25. The van der Waals surface area contributed by atoms with Crippen LogP contribution in [0.15, 0.2) is 65.1 Å². The molecule has 0 radical (unpaired) electrons. The summed E-state index contributed by atoms with van der Waals surface area (Å²) in [6.07, 6.45) is 0. The van der Waals surface area contributed by atoms with Crippen LogP contribution in [-0.2, 0) is 19.1 Å². The van der Waals surface area contributed by atoms with Crippen molar-refractivity contribution in [3.05, 3.63) is 76.5 Å². The highest BCUT2D eigenvalue weighted by Gasteiger charge is 2.44. The van der Waals surface area contributed by atoms with Gasteiger partial charge in [0, 0.05) is 0 Å². The highest BCUT2D eigenvalue weighted by Crippen LogP contribution is 2.46. The minimum absolute atomic E-state index is 0.0561. The Labute approximate surface area is 195 Å². The number of hydrogen-bond donors (Lipinski definition) is 1. The molecule has 2 aromatic rings. The zero-order valence-corrected chi connectivity index (χ0v) is 18.9. The van der Waals surface area contributed by atoms with Crippen LogP contribution in [-0.4, -0.2) is 40.4 Å². The molecule has 1 aliphatic heterocycles. The Kier molecular flexibility index (Phi) is 7.06. The number of hydrogen-bond acceptors (Lipinski definition) is 9. The number of benzene rings is 2. The molecule has 0 aliphatic carbocycles. The molecule has 0 amide bonds. The van der Waals surface area contributed by atoms with Gasteiger partial charge < -0.3 is 24.7 Å².